The number of anilines is 1. The van der Waals surface area contributed by atoms with E-state index < -0.39 is 10.0 Å². The van der Waals surface area contributed by atoms with Crippen molar-refractivity contribution in [3.8, 4) is 0 Å². The predicted molar refractivity (Wildman–Crippen MR) is 118 cm³/mol. The van der Waals surface area contributed by atoms with Crippen molar-refractivity contribution in [1.82, 2.24) is 14.5 Å². The first kappa shape index (κ1) is 22.2. The van der Waals surface area contributed by atoms with Gasteiger partial charge in [-0.25, -0.2) is 8.42 Å². The minimum Gasteiger partial charge on any atom is -0.353 e. The van der Waals surface area contributed by atoms with Crippen LogP contribution in [0.4, 0.5) is 5.69 Å². The maximum Gasteiger partial charge on any atom is 0.243 e. The molecule has 170 valence electrons. The van der Waals surface area contributed by atoms with Gasteiger partial charge in [-0.15, -0.1) is 0 Å². The van der Waals surface area contributed by atoms with Crippen LogP contribution >= 0.6 is 0 Å². The molecule has 3 aliphatic heterocycles. The van der Waals surface area contributed by atoms with Crippen LogP contribution in [0.15, 0.2) is 23.1 Å². The molecule has 1 atom stereocenters. The average Bonchev–Trinajstić information content (AvgIpc) is 3.17. The van der Waals surface area contributed by atoms with Gasteiger partial charge < -0.3 is 10.2 Å². The number of nitrogens with zero attached hydrogens (tertiary/aromatic N) is 3. The molecule has 9 heteroatoms. The second kappa shape index (κ2) is 8.88. The van der Waals surface area contributed by atoms with Crippen molar-refractivity contribution < 1.29 is 18.0 Å². The number of hydrogen-bond donors (Lipinski definition) is 1. The number of carbonyl (C=O) groups is 2. The van der Waals surface area contributed by atoms with E-state index in [0.717, 1.165) is 30.5 Å². The number of sulfonamides is 1. The molecule has 0 aromatic heterocycles. The summed E-state index contributed by atoms with van der Waals surface area (Å²) in [6.45, 7) is 7.04. The van der Waals surface area contributed by atoms with E-state index in [1.165, 1.54) is 0 Å². The van der Waals surface area contributed by atoms with E-state index in [1.807, 2.05) is 18.7 Å². The fraction of sp³-hybridized carbons (Fsp3) is 0.636. The number of hydrogen-bond acceptors (Lipinski definition) is 5. The molecule has 3 heterocycles. The summed E-state index contributed by atoms with van der Waals surface area (Å²) in [6.07, 6.45) is 3.51. The molecule has 0 spiro atoms. The predicted octanol–water partition coefficient (Wildman–Crippen LogP) is 1.21. The molecule has 1 aromatic carbocycles. The van der Waals surface area contributed by atoms with Crippen LogP contribution in [0, 0.1) is 5.92 Å². The second-order valence-corrected chi connectivity index (χ2v) is 10.9. The highest BCUT2D eigenvalue weighted by Gasteiger charge is 2.35. The van der Waals surface area contributed by atoms with Crippen molar-refractivity contribution in [2.45, 2.75) is 50.5 Å². The third-order valence-corrected chi connectivity index (χ3v) is 8.43. The minimum absolute atomic E-state index is 0.0246. The van der Waals surface area contributed by atoms with E-state index in [-0.39, 0.29) is 30.3 Å². The Bertz CT molecular complexity index is 956. The summed E-state index contributed by atoms with van der Waals surface area (Å²) in [7, 11) is -3.49. The highest BCUT2D eigenvalue weighted by atomic mass is 32.2. The van der Waals surface area contributed by atoms with Crippen LogP contribution in [-0.2, 0) is 26.0 Å². The zero-order valence-electron chi connectivity index (χ0n) is 18.3. The number of rotatable bonds is 5. The number of nitrogens with one attached hydrogen (secondary N) is 1. The molecule has 31 heavy (non-hydrogen) atoms. The summed E-state index contributed by atoms with van der Waals surface area (Å²) in [4.78, 5) is 29.4. The molecule has 2 fully saturated rings. The molecule has 1 aromatic rings. The van der Waals surface area contributed by atoms with Crippen molar-refractivity contribution in [3.63, 3.8) is 0 Å². The highest BCUT2D eigenvalue weighted by Crippen LogP contribution is 2.32. The largest absolute Gasteiger partial charge is 0.353 e. The number of benzene rings is 1. The maximum absolute atomic E-state index is 13.1. The molecule has 0 radical (unpaired) electrons. The molecule has 0 saturated carbocycles. The Morgan fingerprint density at radius 3 is 2.58 bits per heavy atom. The molecule has 8 nitrogen and oxygen atoms in total. The van der Waals surface area contributed by atoms with Gasteiger partial charge in [0.05, 0.1) is 17.5 Å². The SMILES string of the molecule is CC(C)C1C(=O)NCCN1CC(=O)N1CCc2cc(S(=O)(=O)N3CCCCC3)ccc21. The summed E-state index contributed by atoms with van der Waals surface area (Å²) in [5, 5.41) is 2.88. The van der Waals surface area contributed by atoms with Gasteiger partial charge in [0, 0.05) is 38.4 Å². The number of fused-ring (bicyclic) bond motifs is 1. The van der Waals surface area contributed by atoms with Crippen LogP contribution < -0.4 is 10.2 Å². The van der Waals surface area contributed by atoms with Crippen molar-refractivity contribution in [3.05, 3.63) is 23.8 Å². The normalized spacial score (nSPS) is 23.1. The highest BCUT2D eigenvalue weighted by molar-refractivity contribution is 7.89. The van der Waals surface area contributed by atoms with Crippen LogP contribution in [-0.4, -0.2) is 74.7 Å². The summed E-state index contributed by atoms with van der Waals surface area (Å²) < 4.78 is 27.6. The fourth-order valence-corrected chi connectivity index (χ4v) is 6.51. The smallest absolute Gasteiger partial charge is 0.243 e. The molecule has 1 unspecified atom stereocenters. The lowest BCUT2D eigenvalue weighted by Crippen LogP contribution is -2.59. The topological polar surface area (TPSA) is 90.0 Å². The van der Waals surface area contributed by atoms with Gasteiger partial charge in [0.25, 0.3) is 0 Å². The monoisotopic (exact) mass is 448 g/mol. The Balaban J connectivity index is 1.50. The van der Waals surface area contributed by atoms with Gasteiger partial charge in [0.1, 0.15) is 0 Å². The summed E-state index contributed by atoms with van der Waals surface area (Å²) in [6, 6.07) is 4.81. The lowest BCUT2D eigenvalue weighted by Gasteiger charge is -2.37. The molecule has 0 aliphatic carbocycles. The molecule has 4 rings (SSSR count). The number of piperidine rings is 1. The molecule has 1 N–H and O–H groups in total. The van der Waals surface area contributed by atoms with Crippen LogP contribution in [0.5, 0.6) is 0 Å². The van der Waals surface area contributed by atoms with Crippen molar-refractivity contribution in [2.24, 2.45) is 5.92 Å². The van der Waals surface area contributed by atoms with Gasteiger partial charge >= 0.3 is 0 Å². The van der Waals surface area contributed by atoms with Crippen molar-refractivity contribution >= 4 is 27.5 Å². The third-order valence-electron chi connectivity index (χ3n) is 6.53. The molecular weight excluding hydrogens is 416 g/mol. The maximum atomic E-state index is 13.1. The quantitative estimate of drug-likeness (QED) is 0.731. The second-order valence-electron chi connectivity index (χ2n) is 9.00. The number of piperazine rings is 1. The molecular formula is C22H32N4O4S. The van der Waals surface area contributed by atoms with Crippen molar-refractivity contribution in [2.75, 3.05) is 44.2 Å². The van der Waals surface area contributed by atoms with Gasteiger partial charge in [-0.3, -0.25) is 14.5 Å². The van der Waals surface area contributed by atoms with Gasteiger partial charge in [-0.2, -0.15) is 4.31 Å². The molecule has 2 saturated heterocycles. The Labute approximate surface area is 184 Å². The lowest BCUT2D eigenvalue weighted by molar-refractivity contribution is -0.132. The van der Waals surface area contributed by atoms with Gasteiger partial charge in [0.15, 0.2) is 0 Å². The summed E-state index contributed by atoms with van der Waals surface area (Å²) >= 11 is 0. The van der Waals surface area contributed by atoms with Crippen LogP contribution in [0.2, 0.25) is 0 Å². The number of carbonyl (C=O) groups excluding carboxylic acids is 2. The van der Waals surface area contributed by atoms with Crippen molar-refractivity contribution in [1.29, 1.82) is 0 Å². The molecule has 2 amide bonds. The van der Waals surface area contributed by atoms with Gasteiger partial charge in [-0.1, -0.05) is 20.3 Å². The third kappa shape index (κ3) is 4.36. The Morgan fingerprint density at radius 2 is 1.87 bits per heavy atom. The first-order valence-corrected chi connectivity index (χ1v) is 12.7. The summed E-state index contributed by atoms with van der Waals surface area (Å²) in [5.74, 6) is 0.0377. The number of amides is 2. The molecule has 3 aliphatic rings. The van der Waals surface area contributed by atoms with Crippen LogP contribution in [0.1, 0.15) is 38.7 Å². The standard InChI is InChI=1S/C22H32N4O4S/c1-16(2)21-22(28)23-9-13-24(21)15-20(27)26-12-8-17-14-18(6-7-19(17)26)31(29,30)25-10-4-3-5-11-25/h6-7,14,16,21H,3-5,8-13,15H2,1-2H3,(H,23,28). The van der Waals surface area contributed by atoms with Gasteiger partial charge in [-0.05, 0) is 48.9 Å². The lowest BCUT2D eigenvalue weighted by atomic mass is 9.99. The zero-order valence-corrected chi connectivity index (χ0v) is 19.2. The van der Waals surface area contributed by atoms with Crippen LogP contribution in [0.3, 0.4) is 0 Å². The fourth-order valence-electron chi connectivity index (χ4n) is 4.95. The Morgan fingerprint density at radius 1 is 1.13 bits per heavy atom. The first-order valence-electron chi connectivity index (χ1n) is 11.2. The summed E-state index contributed by atoms with van der Waals surface area (Å²) in [5.41, 5.74) is 1.67. The zero-order chi connectivity index (χ0) is 22.2. The van der Waals surface area contributed by atoms with E-state index in [9.17, 15) is 18.0 Å². The van der Waals surface area contributed by atoms with E-state index in [1.54, 1.807) is 27.4 Å². The van der Waals surface area contributed by atoms with E-state index in [0.29, 0.717) is 44.0 Å². The Kier molecular flexibility index (Phi) is 6.37. The average molecular weight is 449 g/mol. The first-order chi connectivity index (χ1) is 14.8. The molecule has 0 bridgehead atoms. The minimum atomic E-state index is -3.49. The van der Waals surface area contributed by atoms with Crippen LogP contribution in [0.25, 0.3) is 0 Å². The van der Waals surface area contributed by atoms with E-state index >= 15 is 0 Å². The van der Waals surface area contributed by atoms with E-state index in [2.05, 4.69) is 5.32 Å². The Hall–Kier alpha value is -1.97. The van der Waals surface area contributed by atoms with E-state index in [4.69, 9.17) is 0 Å². The van der Waals surface area contributed by atoms with Gasteiger partial charge in [0.2, 0.25) is 21.8 Å².